The van der Waals surface area contributed by atoms with Crippen molar-refractivity contribution >= 4 is 17.4 Å². The van der Waals surface area contributed by atoms with Crippen molar-refractivity contribution in [1.29, 1.82) is 5.26 Å². The van der Waals surface area contributed by atoms with Crippen LogP contribution in [0.4, 0.5) is 5.82 Å². The summed E-state index contributed by atoms with van der Waals surface area (Å²) in [5.41, 5.74) is -0.388. The summed E-state index contributed by atoms with van der Waals surface area (Å²) in [6, 6.07) is 5.75. The van der Waals surface area contributed by atoms with Gasteiger partial charge in [-0.25, -0.2) is 4.98 Å². The molecule has 0 aromatic carbocycles. The molecule has 0 amide bonds. The number of hydrogen-bond donors (Lipinski definition) is 1. The number of aromatic nitrogens is 1. The summed E-state index contributed by atoms with van der Waals surface area (Å²) in [6.07, 6.45) is 1.57. The Morgan fingerprint density at radius 3 is 2.79 bits per heavy atom. The number of anilines is 1. The highest BCUT2D eigenvalue weighted by Gasteiger charge is 2.15. The molecule has 1 N–H and O–H groups in total. The molecule has 0 aliphatic carbocycles. The van der Waals surface area contributed by atoms with Crippen LogP contribution in [-0.4, -0.2) is 11.5 Å². The van der Waals surface area contributed by atoms with Gasteiger partial charge in [-0.2, -0.15) is 5.26 Å². The third kappa shape index (κ3) is 3.23. The Bertz CT molecular complexity index is 337. The zero-order valence-electron chi connectivity index (χ0n) is 8.21. The highest BCUT2D eigenvalue weighted by atomic mass is 35.5. The van der Waals surface area contributed by atoms with Gasteiger partial charge in [0.2, 0.25) is 0 Å². The van der Waals surface area contributed by atoms with E-state index in [4.69, 9.17) is 16.9 Å². The minimum Gasteiger partial charge on any atom is -0.368 e. The molecule has 0 radical (unpaired) electrons. The quantitative estimate of drug-likeness (QED) is 0.833. The van der Waals surface area contributed by atoms with Gasteiger partial charge in [-0.05, 0) is 26.0 Å². The maximum absolute atomic E-state index is 8.78. The van der Waals surface area contributed by atoms with Crippen molar-refractivity contribution in [3.05, 3.63) is 23.4 Å². The zero-order chi connectivity index (χ0) is 10.6. The summed E-state index contributed by atoms with van der Waals surface area (Å²) in [4.78, 5) is 4.06. The normalized spacial score (nSPS) is 10.7. The molecule has 0 atom stereocenters. The zero-order valence-corrected chi connectivity index (χ0v) is 8.97. The average Bonchev–Trinajstić information content (AvgIpc) is 2.17. The number of rotatable bonds is 3. The van der Waals surface area contributed by atoms with Crippen LogP contribution in [-0.2, 0) is 0 Å². The van der Waals surface area contributed by atoms with Crippen molar-refractivity contribution in [3.63, 3.8) is 0 Å². The first-order chi connectivity index (χ1) is 6.53. The molecular formula is C10H12ClN3. The SMILES string of the molecule is CC(C)(C#N)CNc1ccc(Cl)cn1. The fraction of sp³-hybridized carbons (Fsp3) is 0.400. The number of nitriles is 1. The maximum Gasteiger partial charge on any atom is 0.126 e. The lowest BCUT2D eigenvalue weighted by atomic mass is 9.96. The van der Waals surface area contributed by atoms with Crippen molar-refractivity contribution in [2.45, 2.75) is 13.8 Å². The Labute approximate surface area is 88.7 Å². The first-order valence-electron chi connectivity index (χ1n) is 4.30. The summed E-state index contributed by atoms with van der Waals surface area (Å²) < 4.78 is 0. The van der Waals surface area contributed by atoms with E-state index in [-0.39, 0.29) is 5.41 Å². The molecule has 3 nitrogen and oxygen atoms in total. The molecule has 0 unspecified atom stereocenters. The summed E-state index contributed by atoms with van der Waals surface area (Å²) >= 11 is 5.69. The molecule has 0 bridgehead atoms. The van der Waals surface area contributed by atoms with Crippen LogP contribution in [0.15, 0.2) is 18.3 Å². The van der Waals surface area contributed by atoms with E-state index < -0.39 is 0 Å². The van der Waals surface area contributed by atoms with Gasteiger partial charge in [0.25, 0.3) is 0 Å². The highest BCUT2D eigenvalue weighted by Crippen LogP contribution is 2.15. The summed E-state index contributed by atoms with van der Waals surface area (Å²) in [6.45, 7) is 4.31. The lowest BCUT2D eigenvalue weighted by Crippen LogP contribution is -2.21. The van der Waals surface area contributed by atoms with Crippen LogP contribution in [0.5, 0.6) is 0 Å². The second-order valence-corrected chi connectivity index (χ2v) is 4.15. The average molecular weight is 210 g/mol. The third-order valence-electron chi connectivity index (χ3n) is 1.74. The van der Waals surface area contributed by atoms with Crippen molar-refractivity contribution in [3.8, 4) is 6.07 Å². The number of nitrogens with zero attached hydrogens (tertiary/aromatic N) is 2. The first kappa shape index (κ1) is 10.8. The third-order valence-corrected chi connectivity index (χ3v) is 1.97. The topological polar surface area (TPSA) is 48.7 Å². The van der Waals surface area contributed by atoms with E-state index in [0.29, 0.717) is 11.6 Å². The molecule has 0 saturated heterocycles. The predicted molar refractivity (Wildman–Crippen MR) is 57.1 cm³/mol. The Morgan fingerprint density at radius 2 is 2.29 bits per heavy atom. The summed E-state index contributed by atoms with van der Waals surface area (Å²) in [7, 11) is 0. The van der Waals surface area contributed by atoms with Crippen LogP contribution in [0.1, 0.15) is 13.8 Å². The molecule has 74 valence electrons. The lowest BCUT2D eigenvalue weighted by Gasteiger charge is -2.15. The Balaban J connectivity index is 2.55. The molecule has 1 heterocycles. The maximum atomic E-state index is 8.78. The molecular weight excluding hydrogens is 198 g/mol. The van der Waals surface area contributed by atoms with Gasteiger partial charge in [-0.15, -0.1) is 0 Å². The summed E-state index contributed by atoms with van der Waals surface area (Å²) in [5, 5.41) is 12.5. The molecule has 0 fully saturated rings. The van der Waals surface area contributed by atoms with Crippen LogP contribution in [0.2, 0.25) is 5.02 Å². The Hall–Kier alpha value is -1.27. The minimum atomic E-state index is -0.388. The second kappa shape index (κ2) is 4.30. The second-order valence-electron chi connectivity index (χ2n) is 3.71. The molecule has 0 aliphatic rings. The molecule has 4 heteroatoms. The molecule has 1 aromatic heterocycles. The number of hydrogen-bond acceptors (Lipinski definition) is 3. The van der Waals surface area contributed by atoms with Gasteiger partial charge < -0.3 is 5.32 Å². The number of nitrogens with one attached hydrogen (secondary N) is 1. The van der Waals surface area contributed by atoms with Crippen LogP contribution >= 0.6 is 11.6 Å². The molecule has 1 aromatic rings. The van der Waals surface area contributed by atoms with E-state index in [0.717, 1.165) is 5.82 Å². The van der Waals surface area contributed by atoms with Crippen LogP contribution in [0, 0.1) is 16.7 Å². The number of pyridine rings is 1. The van der Waals surface area contributed by atoms with Gasteiger partial charge in [0.1, 0.15) is 5.82 Å². The van der Waals surface area contributed by atoms with Gasteiger partial charge in [-0.1, -0.05) is 11.6 Å². The minimum absolute atomic E-state index is 0.388. The fourth-order valence-electron chi connectivity index (χ4n) is 0.831. The van der Waals surface area contributed by atoms with E-state index in [1.54, 1.807) is 18.3 Å². The Morgan fingerprint density at radius 1 is 1.57 bits per heavy atom. The predicted octanol–water partition coefficient (Wildman–Crippen LogP) is 2.70. The monoisotopic (exact) mass is 209 g/mol. The van der Waals surface area contributed by atoms with Gasteiger partial charge in [0.15, 0.2) is 0 Å². The molecule has 0 saturated carbocycles. The van der Waals surface area contributed by atoms with Crippen molar-refractivity contribution in [2.24, 2.45) is 5.41 Å². The number of halogens is 1. The van der Waals surface area contributed by atoms with E-state index in [1.165, 1.54) is 0 Å². The van der Waals surface area contributed by atoms with E-state index >= 15 is 0 Å². The summed E-state index contributed by atoms with van der Waals surface area (Å²) in [5.74, 6) is 0.734. The molecule has 0 spiro atoms. The smallest absolute Gasteiger partial charge is 0.126 e. The molecule has 14 heavy (non-hydrogen) atoms. The fourth-order valence-corrected chi connectivity index (χ4v) is 0.943. The van der Waals surface area contributed by atoms with Crippen LogP contribution in [0.3, 0.4) is 0 Å². The lowest BCUT2D eigenvalue weighted by molar-refractivity contribution is 0.528. The van der Waals surface area contributed by atoms with Crippen molar-refractivity contribution in [2.75, 3.05) is 11.9 Å². The van der Waals surface area contributed by atoms with Gasteiger partial charge >= 0.3 is 0 Å². The van der Waals surface area contributed by atoms with Gasteiger partial charge in [0.05, 0.1) is 16.5 Å². The first-order valence-corrected chi connectivity index (χ1v) is 4.68. The molecule has 1 rings (SSSR count). The standard InChI is InChI=1S/C10H12ClN3/c1-10(2,6-12)7-14-9-4-3-8(11)5-13-9/h3-5H,7H2,1-2H3,(H,13,14). The van der Waals surface area contributed by atoms with Crippen molar-refractivity contribution in [1.82, 2.24) is 4.98 Å². The van der Waals surface area contributed by atoms with E-state index in [9.17, 15) is 0 Å². The highest BCUT2D eigenvalue weighted by molar-refractivity contribution is 6.30. The largest absolute Gasteiger partial charge is 0.368 e. The van der Waals surface area contributed by atoms with E-state index in [1.807, 2.05) is 13.8 Å². The van der Waals surface area contributed by atoms with Crippen LogP contribution < -0.4 is 5.32 Å². The van der Waals surface area contributed by atoms with Crippen LogP contribution in [0.25, 0.3) is 0 Å². The molecule has 0 aliphatic heterocycles. The van der Waals surface area contributed by atoms with E-state index in [2.05, 4.69) is 16.4 Å². The Kier molecular flexibility index (Phi) is 3.32. The van der Waals surface area contributed by atoms with Gasteiger partial charge in [0, 0.05) is 12.7 Å². The van der Waals surface area contributed by atoms with Crippen molar-refractivity contribution < 1.29 is 0 Å². The van der Waals surface area contributed by atoms with Gasteiger partial charge in [-0.3, -0.25) is 0 Å².